The Labute approximate surface area is 126 Å². The minimum Gasteiger partial charge on any atom is -0.497 e. The van der Waals surface area contributed by atoms with Gasteiger partial charge in [-0.15, -0.1) is 0 Å². The van der Waals surface area contributed by atoms with E-state index >= 15 is 0 Å². The number of fused-ring (bicyclic) bond motifs is 5. The first-order valence-corrected chi connectivity index (χ1v) is 7.69. The maximum atomic E-state index is 5.46. The molecule has 4 rings (SSSR count). The van der Waals surface area contributed by atoms with Crippen molar-refractivity contribution in [2.24, 2.45) is 0 Å². The molecular formula is C19H21NO. The zero-order valence-electron chi connectivity index (χ0n) is 12.7. The summed E-state index contributed by atoms with van der Waals surface area (Å²) >= 11 is 0. The van der Waals surface area contributed by atoms with Gasteiger partial charge < -0.3 is 9.64 Å². The summed E-state index contributed by atoms with van der Waals surface area (Å²) in [6, 6.07) is 15.6. The number of methoxy groups -OCH3 is 1. The van der Waals surface area contributed by atoms with Crippen molar-refractivity contribution >= 4 is 0 Å². The quantitative estimate of drug-likeness (QED) is 0.793. The van der Waals surface area contributed by atoms with Crippen molar-refractivity contribution in [3.63, 3.8) is 0 Å². The molecule has 0 saturated carbocycles. The molecule has 0 N–H and O–H groups in total. The Morgan fingerprint density at radius 2 is 1.67 bits per heavy atom. The summed E-state index contributed by atoms with van der Waals surface area (Å²) in [5.41, 5.74) is 5.99. The minimum atomic E-state index is 0.587. The van der Waals surface area contributed by atoms with Crippen LogP contribution in [-0.2, 0) is 6.42 Å². The third-order valence-electron chi connectivity index (χ3n) is 5.09. The first kappa shape index (κ1) is 12.9. The molecule has 0 amide bonds. The normalized spacial score (nSPS) is 23.9. The predicted molar refractivity (Wildman–Crippen MR) is 85.2 cm³/mol. The number of nitrogens with zero attached hydrogens (tertiary/aromatic N) is 1. The van der Waals surface area contributed by atoms with E-state index in [-0.39, 0.29) is 0 Å². The van der Waals surface area contributed by atoms with E-state index in [1.165, 1.54) is 16.7 Å². The van der Waals surface area contributed by atoms with Crippen molar-refractivity contribution in [2.45, 2.75) is 18.3 Å². The van der Waals surface area contributed by atoms with Crippen LogP contribution in [0.15, 0.2) is 42.5 Å². The lowest BCUT2D eigenvalue weighted by atomic mass is 9.84. The minimum absolute atomic E-state index is 0.587. The highest BCUT2D eigenvalue weighted by atomic mass is 16.5. The van der Waals surface area contributed by atoms with Crippen LogP contribution in [0.2, 0.25) is 0 Å². The van der Waals surface area contributed by atoms with E-state index in [2.05, 4.69) is 54.4 Å². The fourth-order valence-electron chi connectivity index (χ4n) is 4.10. The van der Waals surface area contributed by atoms with Gasteiger partial charge in [0.25, 0.3) is 0 Å². The molecular weight excluding hydrogens is 258 g/mol. The first-order chi connectivity index (χ1) is 10.3. The molecule has 0 radical (unpaired) electrons. The Morgan fingerprint density at radius 1 is 0.952 bits per heavy atom. The van der Waals surface area contributed by atoms with Gasteiger partial charge in [-0.2, -0.15) is 0 Å². The van der Waals surface area contributed by atoms with E-state index in [4.69, 9.17) is 4.74 Å². The summed E-state index contributed by atoms with van der Waals surface area (Å²) in [5, 5.41) is 0. The number of ether oxygens (including phenoxy) is 1. The van der Waals surface area contributed by atoms with E-state index in [9.17, 15) is 0 Å². The number of benzene rings is 2. The van der Waals surface area contributed by atoms with E-state index in [0.29, 0.717) is 11.8 Å². The highest BCUT2D eigenvalue weighted by Crippen LogP contribution is 2.45. The topological polar surface area (TPSA) is 12.5 Å². The molecule has 2 heteroatoms. The predicted octanol–water partition coefficient (Wildman–Crippen LogP) is 3.41. The van der Waals surface area contributed by atoms with E-state index in [1.807, 2.05) is 0 Å². The standard InChI is InChI=1S/C19H21NO/c1-20-11-18-16-6-4-3-5-13(16)9-14-7-8-15(21-2)10-17(14)19(18)12-20/h3-8,10,18-19H,9,11-12H2,1-2H3. The van der Waals surface area contributed by atoms with Crippen molar-refractivity contribution in [3.05, 3.63) is 64.7 Å². The Balaban J connectivity index is 1.90. The fourth-order valence-corrected chi connectivity index (χ4v) is 4.10. The molecule has 1 saturated heterocycles. The second-order valence-corrected chi connectivity index (χ2v) is 6.37. The summed E-state index contributed by atoms with van der Waals surface area (Å²) < 4.78 is 5.46. The van der Waals surface area contributed by atoms with Crippen molar-refractivity contribution in [2.75, 3.05) is 27.2 Å². The molecule has 1 aliphatic carbocycles. The van der Waals surface area contributed by atoms with Crippen molar-refractivity contribution in [3.8, 4) is 5.75 Å². The number of hydrogen-bond acceptors (Lipinski definition) is 2. The monoisotopic (exact) mass is 279 g/mol. The molecule has 2 unspecified atom stereocenters. The van der Waals surface area contributed by atoms with Crippen LogP contribution in [0.3, 0.4) is 0 Å². The Kier molecular flexibility index (Phi) is 3.00. The van der Waals surface area contributed by atoms with Crippen LogP contribution in [0.5, 0.6) is 5.75 Å². The number of likely N-dealkylation sites (tertiary alicyclic amines) is 1. The molecule has 1 heterocycles. The van der Waals surface area contributed by atoms with Gasteiger partial charge in [0.15, 0.2) is 0 Å². The largest absolute Gasteiger partial charge is 0.497 e. The first-order valence-electron chi connectivity index (χ1n) is 7.69. The van der Waals surface area contributed by atoms with Gasteiger partial charge in [0, 0.05) is 24.9 Å². The lowest BCUT2D eigenvalue weighted by Crippen LogP contribution is -2.14. The average molecular weight is 279 g/mol. The molecule has 21 heavy (non-hydrogen) atoms. The lowest BCUT2D eigenvalue weighted by Gasteiger charge is -2.19. The van der Waals surface area contributed by atoms with Gasteiger partial charge in [0.1, 0.15) is 5.75 Å². The maximum Gasteiger partial charge on any atom is 0.119 e. The van der Waals surface area contributed by atoms with E-state index in [1.54, 1.807) is 12.7 Å². The van der Waals surface area contributed by atoms with Gasteiger partial charge in [-0.05, 0) is 47.9 Å². The molecule has 2 atom stereocenters. The molecule has 0 bridgehead atoms. The van der Waals surface area contributed by atoms with Gasteiger partial charge in [-0.1, -0.05) is 30.3 Å². The van der Waals surface area contributed by atoms with Crippen LogP contribution < -0.4 is 4.74 Å². The van der Waals surface area contributed by atoms with E-state index in [0.717, 1.165) is 25.3 Å². The Hall–Kier alpha value is -1.80. The van der Waals surface area contributed by atoms with Crippen molar-refractivity contribution in [1.29, 1.82) is 0 Å². The van der Waals surface area contributed by atoms with Crippen LogP contribution in [0.4, 0.5) is 0 Å². The second-order valence-electron chi connectivity index (χ2n) is 6.37. The zero-order valence-corrected chi connectivity index (χ0v) is 12.7. The highest BCUT2D eigenvalue weighted by Gasteiger charge is 2.37. The van der Waals surface area contributed by atoms with Gasteiger partial charge in [0.2, 0.25) is 0 Å². The molecule has 2 aliphatic rings. The number of rotatable bonds is 1. The number of hydrogen-bond donors (Lipinski definition) is 0. The Bertz CT molecular complexity index is 679. The summed E-state index contributed by atoms with van der Waals surface area (Å²) in [7, 11) is 3.99. The van der Waals surface area contributed by atoms with Gasteiger partial charge in [0.05, 0.1) is 7.11 Å². The molecule has 1 fully saturated rings. The molecule has 0 aromatic heterocycles. The van der Waals surface area contributed by atoms with Crippen LogP contribution in [0.1, 0.15) is 34.1 Å². The van der Waals surface area contributed by atoms with Gasteiger partial charge in [-0.25, -0.2) is 0 Å². The van der Waals surface area contributed by atoms with E-state index < -0.39 is 0 Å². The molecule has 1 aliphatic heterocycles. The smallest absolute Gasteiger partial charge is 0.119 e. The second kappa shape index (κ2) is 4.88. The highest BCUT2D eigenvalue weighted by molar-refractivity contribution is 5.48. The van der Waals surface area contributed by atoms with Crippen molar-refractivity contribution < 1.29 is 4.74 Å². The zero-order chi connectivity index (χ0) is 14.4. The summed E-state index contributed by atoms with van der Waals surface area (Å²) in [4.78, 5) is 2.46. The van der Waals surface area contributed by atoms with Crippen LogP contribution in [-0.4, -0.2) is 32.1 Å². The maximum absolute atomic E-state index is 5.46. The summed E-state index contributed by atoms with van der Waals surface area (Å²) in [5.74, 6) is 2.18. The molecule has 2 nitrogen and oxygen atoms in total. The molecule has 0 spiro atoms. The van der Waals surface area contributed by atoms with Crippen LogP contribution >= 0.6 is 0 Å². The third kappa shape index (κ3) is 2.06. The van der Waals surface area contributed by atoms with Crippen LogP contribution in [0.25, 0.3) is 0 Å². The van der Waals surface area contributed by atoms with Crippen LogP contribution in [0, 0.1) is 0 Å². The average Bonchev–Trinajstić information content (AvgIpc) is 2.84. The molecule has 2 aromatic carbocycles. The molecule has 108 valence electrons. The van der Waals surface area contributed by atoms with Gasteiger partial charge in [-0.3, -0.25) is 0 Å². The number of likely N-dealkylation sites (N-methyl/N-ethyl adjacent to an activating group) is 1. The molecule has 2 aromatic rings. The van der Waals surface area contributed by atoms with Crippen molar-refractivity contribution in [1.82, 2.24) is 4.90 Å². The SMILES string of the molecule is COc1ccc2c(c1)C1CN(C)CC1c1ccccc1C2. The third-order valence-corrected chi connectivity index (χ3v) is 5.09. The fraction of sp³-hybridized carbons (Fsp3) is 0.368. The summed E-state index contributed by atoms with van der Waals surface area (Å²) in [6.45, 7) is 2.29. The lowest BCUT2D eigenvalue weighted by molar-refractivity contribution is 0.405. The van der Waals surface area contributed by atoms with Gasteiger partial charge >= 0.3 is 0 Å². The Morgan fingerprint density at radius 3 is 2.48 bits per heavy atom. The summed E-state index contributed by atoms with van der Waals surface area (Å²) in [6.07, 6.45) is 1.05.